The maximum Gasteiger partial charge on any atom is 0.315 e. The van der Waals surface area contributed by atoms with Crippen LogP contribution in [-0.2, 0) is 4.84 Å². The first-order valence-corrected chi connectivity index (χ1v) is 5.33. The molecule has 0 heterocycles. The summed E-state index contributed by atoms with van der Waals surface area (Å²) in [5.41, 5.74) is 0.963. The number of nitrogens with zero attached hydrogens (tertiary/aromatic N) is 2. The molecule has 0 aliphatic rings. The van der Waals surface area contributed by atoms with Crippen molar-refractivity contribution in [1.82, 2.24) is 0 Å². The molecule has 0 bridgehead atoms. The smallest absolute Gasteiger partial charge is 0.291 e. The lowest BCUT2D eigenvalue weighted by molar-refractivity contribution is 0.0847. The molecule has 0 N–H and O–H groups in total. The molecule has 0 aliphatic heterocycles. The summed E-state index contributed by atoms with van der Waals surface area (Å²) in [7, 11) is 0. The molecule has 0 aromatic heterocycles. The zero-order valence-corrected chi connectivity index (χ0v) is 9.48. The molecule has 0 unspecified atom stereocenters. The third-order valence-electron chi connectivity index (χ3n) is 2.33. The van der Waals surface area contributed by atoms with Gasteiger partial charge in [0.05, 0.1) is 5.69 Å². The number of carbonyl (C=O) groups is 1. The maximum absolute atomic E-state index is 12.2. The first kappa shape index (κ1) is 11.7. The molecule has 2 aromatic carbocycles. The normalized spacial score (nSPS) is 9.28. The second kappa shape index (κ2) is 5.51. The van der Waals surface area contributed by atoms with Crippen LogP contribution in [-0.4, -0.2) is 5.91 Å². The van der Waals surface area contributed by atoms with Gasteiger partial charge in [-0.25, -0.2) is 0 Å². The fourth-order valence-corrected chi connectivity index (χ4v) is 1.51. The van der Waals surface area contributed by atoms with Gasteiger partial charge in [0.1, 0.15) is 0 Å². The fraction of sp³-hybridized carbons (Fsp3) is 0. The van der Waals surface area contributed by atoms with Gasteiger partial charge in [-0.2, -0.15) is 0 Å². The van der Waals surface area contributed by atoms with E-state index in [1.807, 2.05) is 12.1 Å². The number of nitriles is 1. The average Bonchev–Trinajstić information content (AvgIpc) is 2.46. The lowest BCUT2D eigenvalue weighted by Gasteiger charge is -2.17. The molecular weight excluding hydrogens is 228 g/mol. The van der Waals surface area contributed by atoms with E-state index in [2.05, 4.69) is 0 Å². The number of amides is 1. The van der Waals surface area contributed by atoms with Crippen molar-refractivity contribution >= 4 is 11.6 Å². The lowest BCUT2D eigenvalue weighted by atomic mass is 10.2. The molecular formula is C14H10N2O2. The number of hydrogen-bond donors (Lipinski definition) is 0. The Morgan fingerprint density at radius 1 is 1.00 bits per heavy atom. The van der Waals surface area contributed by atoms with Crippen LogP contribution in [0.4, 0.5) is 5.69 Å². The minimum Gasteiger partial charge on any atom is -0.291 e. The topological polar surface area (TPSA) is 53.3 Å². The van der Waals surface area contributed by atoms with Gasteiger partial charge in [0.25, 0.3) is 5.91 Å². The molecule has 0 atom stereocenters. The minimum absolute atomic E-state index is 0.386. The maximum atomic E-state index is 12.2. The Bertz CT molecular complexity index is 561. The van der Waals surface area contributed by atoms with Crippen molar-refractivity contribution in [3.8, 4) is 6.26 Å². The summed E-state index contributed by atoms with van der Waals surface area (Å²) < 4.78 is 0. The van der Waals surface area contributed by atoms with Crippen LogP contribution in [0.3, 0.4) is 0 Å². The lowest BCUT2D eigenvalue weighted by Crippen LogP contribution is -2.29. The number of benzene rings is 2. The van der Waals surface area contributed by atoms with Gasteiger partial charge in [-0.3, -0.25) is 9.63 Å². The van der Waals surface area contributed by atoms with Crippen LogP contribution in [0.5, 0.6) is 0 Å². The van der Waals surface area contributed by atoms with Crippen molar-refractivity contribution in [2.45, 2.75) is 0 Å². The Kier molecular flexibility index (Phi) is 3.57. The van der Waals surface area contributed by atoms with Crippen LogP contribution in [0.25, 0.3) is 0 Å². The predicted octanol–water partition coefficient (Wildman–Crippen LogP) is 2.75. The van der Waals surface area contributed by atoms with Gasteiger partial charge in [0.15, 0.2) is 0 Å². The number of anilines is 1. The van der Waals surface area contributed by atoms with Crippen LogP contribution in [0.2, 0.25) is 0 Å². The minimum atomic E-state index is -0.386. The molecule has 4 nitrogen and oxygen atoms in total. The SMILES string of the molecule is N#CON(C(=O)c1ccccc1)c1ccccc1. The second-order valence-corrected chi connectivity index (χ2v) is 3.48. The summed E-state index contributed by atoms with van der Waals surface area (Å²) in [6.45, 7) is 0. The van der Waals surface area contributed by atoms with E-state index in [1.54, 1.807) is 48.5 Å². The zero-order chi connectivity index (χ0) is 12.8. The van der Waals surface area contributed by atoms with Gasteiger partial charge in [-0.15, -0.1) is 10.3 Å². The average molecular weight is 238 g/mol. The molecule has 1 amide bonds. The fourth-order valence-electron chi connectivity index (χ4n) is 1.51. The number of rotatable bonds is 3. The first-order chi connectivity index (χ1) is 8.83. The number of hydrogen-bond acceptors (Lipinski definition) is 3. The molecule has 0 radical (unpaired) electrons. The van der Waals surface area contributed by atoms with E-state index < -0.39 is 0 Å². The largest absolute Gasteiger partial charge is 0.315 e. The van der Waals surface area contributed by atoms with E-state index in [4.69, 9.17) is 10.1 Å². The molecule has 0 saturated carbocycles. The van der Waals surface area contributed by atoms with E-state index in [1.165, 1.54) is 6.26 Å². The summed E-state index contributed by atoms with van der Waals surface area (Å²) in [5, 5.41) is 9.60. The second-order valence-electron chi connectivity index (χ2n) is 3.48. The quantitative estimate of drug-likeness (QED) is 0.610. The Balaban J connectivity index is 2.32. The van der Waals surface area contributed by atoms with Gasteiger partial charge in [-0.1, -0.05) is 36.4 Å². The van der Waals surface area contributed by atoms with Crippen molar-refractivity contribution in [3.63, 3.8) is 0 Å². The first-order valence-electron chi connectivity index (χ1n) is 5.33. The van der Waals surface area contributed by atoms with Crippen LogP contribution in [0, 0.1) is 11.5 Å². The van der Waals surface area contributed by atoms with Crippen molar-refractivity contribution in [1.29, 1.82) is 5.26 Å². The van der Waals surface area contributed by atoms with E-state index in [9.17, 15) is 4.79 Å². The zero-order valence-electron chi connectivity index (χ0n) is 9.48. The van der Waals surface area contributed by atoms with Gasteiger partial charge >= 0.3 is 6.26 Å². The highest BCUT2D eigenvalue weighted by atomic mass is 16.7. The molecule has 0 saturated heterocycles. The van der Waals surface area contributed by atoms with Crippen LogP contribution >= 0.6 is 0 Å². The molecule has 18 heavy (non-hydrogen) atoms. The van der Waals surface area contributed by atoms with Gasteiger partial charge < -0.3 is 0 Å². The highest BCUT2D eigenvalue weighted by molar-refractivity contribution is 6.04. The van der Waals surface area contributed by atoms with Crippen molar-refractivity contribution in [2.75, 3.05) is 5.06 Å². The molecule has 0 fully saturated rings. The number of para-hydroxylation sites is 1. The summed E-state index contributed by atoms with van der Waals surface area (Å²) in [6.07, 6.45) is 1.52. The third kappa shape index (κ3) is 2.47. The Morgan fingerprint density at radius 3 is 2.11 bits per heavy atom. The summed E-state index contributed by atoms with van der Waals surface area (Å²) >= 11 is 0. The van der Waals surface area contributed by atoms with Crippen LogP contribution in [0.15, 0.2) is 60.7 Å². The predicted molar refractivity (Wildman–Crippen MR) is 66.4 cm³/mol. The number of hydroxylamine groups is 1. The standard InChI is InChI=1S/C14H10N2O2/c15-11-18-16(13-9-5-2-6-10-13)14(17)12-7-3-1-4-8-12/h1-10H. The van der Waals surface area contributed by atoms with Crippen molar-refractivity contribution in [2.24, 2.45) is 0 Å². The van der Waals surface area contributed by atoms with Crippen LogP contribution < -0.4 is 5.06 Å². The third-order valence-corrected chi connectivity index (χ3v) is 2.33. The summed E-state index contributed by atoms with van der Waals surface area (Å²) in [4.78, 5) is 16.9. The van der Waals surface area contributed by atoms with E-state index in [0.717, 1.165) is 5.06 Å². The molecule has 0 aliphatic carbocycles. The highest BCUT2D eigenvalue weighted by Gasteiger charge is 2.19. The molecule has 4 heteroatoms. The van der Waals surface area contributed by atoms with Gasteiger partial charge in [0, 0.05) is 5.56 Å². The monoisotopic (exact) mass is 238 g/mol. The molecule has 2 rings (SSSR count). The summed E-state index contributed by atoms with van der Waals surface area (Å²) in [6, 6.07) is 17.4. The van der Waals surface area contributed by atoms with Crippen molar-refractivity contribution in [3.05, 3.63) is 66.2 Å². The molecule has 2 aromatic rings. The Hall–Kier alpha value is -2.80. The number of carbonyl (C=O) groups excluding carboxylic acids is 1. The van der Waals surface area contributed by atoms with Crippen molar-refractivity contribution < 1.29 is 9.63 Å². The van der Waals surface area contributed by atoms with E-state index in [0.29, 0.717) is 11.3 Å². The molecule has 88 valence electrons. The molecule has 0 spiro atoms. The Morgan fingerprint density at radius 2 is 1.56 bits per heavy atom. The highest BCUT2D eigenvalue weighted by Crippen LogP contribution is 2.16. The van der Waals surface area contributed by atoms with E-state index in [-0.39, 0.29) is 5.91 Å². The van der Waals surface area contributed by atoms with Gasteiger partial charge in [-0.05, 0) is 24.3 Å². The van der Waals surface area contributed by atoms with E-state index >= 15 is 0 Å². The van der Waals surface area contributed by atoms with Gasteiger partial charge in [0.2, 0.25) is 0 Å². The summed E-state index contributed by atoms with van der Waals surface area (Å²) in [5.74, 6) is -0.386. The Labute approximate surface area is 105 Å². The van der Waals surface area contributed by atoms with Crippen LogP contribution in [0.1, 0.15) is 10.4 Å².